The summed E-state index contributed by atoms with van der Waals surface area (Å²) in [5, 5.41) is 8.40. The quantitative estimate of drug-likeness (QED) is 0.768. The molecule has 0 aromatic carbocycles. The molecule has 1 N–H and O–H groups in total. The fourth-order valence-electron chi connectivity index (χ4n) is 1.11. The molecule has 14 heavy (non-hydrogen) atoms. The Balaban J connectivity index is 2.02. The van der Waals surface area contributed by atoms with E-state index < -0.39 is 5.97 Å². The molecule has 5 nitrogen and oxygen atoms in total. The molecule has 1 fully saturated rings. The number of ether oxygens (including phenoxy) is 1. The topological polar surface area (TPSA) is 72.3 Å². The summed E-state index contributed by atoms with van der Waals surface area (Å²) in [6.07, 6.45) is 3.82. The first-order valence-corrected chi connectivity index (χ1v) is 4.43. The Labute approximate surface area is 80.8 Å². The second-order valence-corrected chi connectivity index (χ2v) is 3.21. The van der Waals surface area contributed by atoms with Gasteiger partial charge >= 0.3 is 5.97 Å². The minimum Gasteiger partial charge on any atom is -0.479 e. The van der Waals surface area contributed by atoms with E-state index in [1.54, 1.807) is 12.3 Å². The Bertz CT molecular complexity index is 350. The third-order valence-corrected chi connectivity index (χ3v) is 1.93. The van der Waals surface area contributed by atoms with E-state index in [9.17, 15) is 4.79 Å². The van der Waals surface area contributed by atoms with Crippen LogP contribution in [0.25, 0.3) is 0 Å². The van der Waals surface area contributed by atoms with Crippen LogP contribution in [0.1, 0.15) is 24.6 Å². The second-order valence-electron chi connectivity index (χ2n) is 3.21. The van der Waals surface area contributed by atoms with E-state index in [0.29, 0.717) is 11.8 Å². The maximum atomic E-state index is 10.2. The Morgan fingerprint density at radius 1 is 1.64 bits per heavy atom. The summed E-state index contributed by atoms with van der Waals surface area (Å²) in [6.45, 7) is -0.360. The average Bonchev–Trinajstić information content (AvgIpc) is 2.98. The summed E-state index contributed by atoms with van der Waals surface area (Å²) in [4.78, 5) is 18.4. The van der Waals surface area contributed by atoms with Crippen molar-refractivity contribution in [1.82, 2.24) is 9.97 Å². The van der Waals surface area contributed by atoms with Gasteiger partial charge in [-0.2, -0.15) is 4.98 Å². The fourth-order valence-corrected chi connectivity index (χ4v) is 1.11. The van der Waals surface area contributed by atoms with Gasteiger partial charge in [0.25, 0.3) is 0 Å². The number of carboxylic acid groups (broad SMARTS) is 1. The van der Waals surface area contributed by atoms with Crippen molar-refractivity contribution in [3.05, 3.63) is 18.1 Å². The molecule has 1 aliphatic rings. The van der Waals surface area contributed by atoms with Crippen molar-refractivity contribution >= 4 is 5.97 Å². The molecule has 0 unspecified atom stereocenters. The summed E-state index contributed by atoms with van der Waals surface area (Å²) >= 11 is 0. The van der Waals surface area contributed by atoms with E-state index in [4.69, 9.17) is 9.84 Å². The zero-order valence-electron chi connectivity index (χ0n) is 7.51. The van der Waals surface area contributed by atoms with Crippen LogP contribution in [-0.4, -0.2) is 27.7 Å². The Morgan fingerprint density at radius 2 is 2.43 bits per heavy atom. The number of aliphatic carboxylic acids is 1. The Hall–Kier alpha value is -1.65. The maximum Gasteiger partial charge on any atom is 0.341 e. The standard InChI is InChI=1S/C9H10N2O3/c12-8(13)5-14-7-3-4-10-9(11-7)6-1-2-6/h3-4,6H,1-2,5H2,(H,12,13). The molecule has 5 heteroatoms. The molecule has 0 aliphatic heterocycles. The molecule has 0 radical (unpaired) electrons. The van der Waals surface area contributed by atoms with Gasteiger partial charge in [-0.25, -0.2) is 9.78 Å². The van der Waals surface area contributed by atoms with Crippen LogP contribution in [-0.2, 0) is 4.79 Å². The van der Waals surface area contributed by atoms with Gasteiger partial charge in [0, 0.05) is 18.2 Å². The van der Waals surface area contributed by atoms with E-state index in [2.05, 4.69) is 9.97 Å². The van der Waals surface area contributed by atoms with E-state index >= 15 is 0 Å². The van der Waals surface area contributed by atoms with Gasteiger partial charge in [-0.1, -0.05) is 0 Å². The van der Waals surface area contributed by atoms with Gasteiger partial charge in [0.15, 0.2) is 6.61 Å². The second kappa shape index (κ2) is 3.61. The van der Waals surface area contributed by atoms with Gasteiger partial charge in [0.05, 0.1) is 0 Å². The number of rotatable bonds is 4. The van der Waals surface area contributed by atoms with Gasteiger partial charge in [-0.3, -0.25) is 0 Å². The molecule has 0 atom stereocenters. The van der Waals surface area contributed by atoms with Crippen molar-refractivity contribution in [2.45, 2.75) is 18.8 Å². The molecule has 0 spiro atoms. The van der Waals surface area contributed by atoms with E-state index in [-0.39, 0.29) is 6.61 Å². The molecule has 1 saturated carbocycles. The van der Waals surface area contributed by atoms with Crippen molar-refractivity contribution in [2.24, 2.45) is 0 Å². The minimum absolute atomic E-state index is 0.337. The molecular formula is C9H10N2O3. The van der Waals surface area contributed by atoms with Crippen molar-refractivity contribution in [3.63, 3.8) is 0 Å². The first-order valence-electron chi connectivity index (χ1n) is 4.43. The van der Waals surface area contributed by atoms with Gasteiger partial charge in [-0.15, -0.1) is 0 Å². The zero-order chi connectivity index (χ0) is 9.97. The monoisotopic (exact) mass is 194 g/mol. The summed E-state index contributed by atoms with van der Waals surface area (Å²) in [5.74, 6) is 0.539. The smallest absolute Gasteiger partial charge is 0.341 e. The van der Waals surface area contributed by atoms with Crippen molar-refractivity contribution < 1.29 is 14.6 Å². The third-order valence-electron chi connectivity index (χ3n) is 1.93. The molecule has 1 aromatic rings. The number of hydrogen-bond acceptors (Lipinski definition) is 4. The molecule has 0 amide bonds. The van der Waals surface area contributed by atoms with Gasteiger partial charge in [0.2, 0.25) is 5.88 Å². The maximum absolute atomic E-state index is 10.2. The van der Waals surface area contributed by atoms with Crippen molar-refractivity contribution in [1.29, 1.82) is 0 Å². The van der Waals surface area contributed by atoms with Crippen LogP contribution in [0.15, 0.2) is 12.3 Å². The van der Waals surface area contributed by atoms with Crippen LogP contribution in [0.4, 0.5) is 0 Å². The largest absolute Gasteiger partial charge is 0.479 e. The van der Waals surface area contributed by atoms with Crippen LogP contribution in [0.2, 0.25) is 0 Å². The molecule has 74 valence electrons. The van der Waals surface area contributed by atoms with Crippen molar-refractivity contribution in [3.8, 4) is 5.88 Å². The van der Waals surface area contributed by atoms with Crippen LogP contribution in [0.3, 0.4) is 0 Å². The lowest BCUT2D eigenvalue weighted by Crippen LogP contribution is -2.10. The molecule has 2 rings (SSSR count). The normalized spacial score (nSPS) is 15.1. The highest BCUT2D eigenvalue weighted by molar-refractivity contribution is 5.68. The molecule has 1 aliphatic carbocycles. The summed E-state index contributed by atoms with van der Waals surface area (Å²) in [6, 6.07) is 1.56. The summed E-state index contributed by atoms with van der Waals surface area (Å²) in [5.41, 5.74) is 0. The van der Waals surface area contributed by atoms with Crippen molar-refractivity contribution in [2.75, 3.05) is 6.61 Å². The fraction of sp³-hybridized carbons (Fsp3) is 0.444. The molecule has 1 heterocycles. The molecular weight excluding hydrogens is 184 g/mol. The SMILES string of the molecule is O=C(O)COc1ccnc(C2CC2)n1. The number of hydrogen-bond donors (Lipinski definition) is 1. The van der Waals surface area contributed by atoms with Crippen LogP contribution in [0, 0.1) is 0 Å². The summed E-state index contributed by atoms with van der Waals surface area (Å²) in [7, 11) is 0. The number of nitrogens with zero attached hydrogens (tertiary/aromatic N) is 2. The number of carbonyl (C=O) groups is 1. The van der Waals surface area contributed by atoms with Crippen LogP contribution < -0.4 is 4.74 Å². The summed E-state index contributed by atoms with van der Waals surface area (Å²) < 4.78 is 4.94. The Morgan fingerprint density at radius 3 is 3.07 bits per heavy atom. The van der Waals surface area contributed by atoms with E-state index in [1.165, 1.54) is 0 Å². The average molecular weight is 194 g/mol. The highest BCUT2D eigenvalue weighted by Crippen LogP contribution is 2.38. The van der Waals surface area contributed by atoms with Crippen LogP contribution in [0.5, 0.6) is 5.88 Å². The molecule has 0 bridgehead atoms. The number of aromatic nitrogens is 2. The number of carboxylic acids is 1. The first kappa shape index (κ1) is 8.93. The van der Waals surface area contributed by atoms with E-state index in [0.717, 1.165) is 18.7 Å². The third kappa shape index (κ3) is 2.18. The highest BCUT2D eigenvalue weighted by Gasteiger charge is 2.26. The van der Waals surface area contributed by atoms with Gasteiger partial charge in [-0.05, 0) is 12.8 Å². The predicted octanol–water partition coefficient (Wildman–Crippen LogP) is 0.817. The minimum atomic E-state index is -1.00. The predicted molar refractivity (Wildman–Crippen MR) is 47.1 cm³/mol. The van der Waals surface area contributed by atoms with Gasteiger partial charge < -0.3 is 9.84 Å². The van der Waals surface area contributed by atoms with Crippen LogP contribution >= 0.6 is 0 Å². The zero-order valence-corrected chi connectivity index (χ0v) is 7.51. The van der Waals surface area contributed by atoms with E-state index in [1.807, 2.05) is 0 Å². The lowest BCUT2D eigenvalue weighted by molar-refractivity contribution is -0.139. The molecule has 0 saturated heterocycles. The molecule has 1 aromatic heterocycles. The lowest BCUT2D eigenvalue weighted by atomic mass is 10.4. The lowest BCUT2D eigenvalue weighted by Gasteiger charge is -2.02. The first-order chi connectivity index (χ1) is 6.75. The Kier molecular flexibility index (Phi) is 2.30. The van der Waals surface area contributed by atoms with Gasteiger partial charge in [0.1, 0.15) is 5.82 Å². The highest BCUT2D eigenvalue weighted by atomic mass is 16.5.